The summed E-state index contributed by atoms with van der Waals surface area (Å²) in [4.78, 5) is 11.1. The van der Waals surface area contributed by atoms with Gasteiger partial charge in [0.05, 0.1) is 0 Å². The number of carbonyl (C=O) groups excluding carboxylic acids is 1. The molecule has 0 radical (unpaired) electrons. The highest BCUT2D eigenvalue weighted by molar-refractivity contribution is 7.80. The first-order valence-corrected chi connectivity index (χ1v) is 4.74. The van der Waals surface area contributed by atoms with Crippen molar-refractivity contribution >= 4 is 18.5 Å². The van der Waals surface area contributed by atoms with Crippen molar-refractivity contribution in [2.75, 3.05) is 12.3 Å². The lowest BCUT2D eigenvalue weighted by Gasteiger charge is -2.08. The highest BCUT2D eigenvalue weighted by atomic mass is 32.1. The van der Waals surface area contributed by atoms with Crippen LogP contribution in [0.2, 0.25) is 0 Å². The van der Waals surface area contributed by atoms with E-state index in [9.17, 15) is 4.79 Å². The van der Waals surface area contributed by atoms with Crippen molar-refractivity contribution in [2.45, 2.75) is 26.7 Å². The van der Waals surface area contributed by atoms with Crippen molar-refractivity contribution in [3.63, 3.8) is 0 Å². The van der Waals surface area contributed by atoms with Crippen LogP contribution in [-0.4, -0.2) is 18.2 Å². The number of amides is 1. The van der Waals surface area contributed by atoms with Crippen LogP contribution in [0.15, 0.2) is 0 Å². The predicted octanol–water partition coefficient (Wildman–Crippen LogP) is 1.47. The molecule has 1 amide bonds. The molecule has 0 saturated carbocycles. The van der Waals surface area contributed by atoms with Gasteiger partial charge in [-0.25, -0.2) is 0 Å². The Bertz CT molecular complexity index is 117. The first-order valence-electron chi connectivity index (χ1n) is 4.11. The summed E-state index contributed by atoms with van der Waals surface area (Å²) >= 11 is 4.04. The van der Waals surface area contributed by atoms with Gasteiger partial charge in [-0.1, -0.05) is 20.3 Å². The van der Waals surface area contributed by atoms with E-state index >= 15 is 0 Å². The molecule has 0 aromatic heterocycles. The van der Waals surface area contributed by atoms with Crippen molar-refractivity contribution in [1.82, 2.24) is 5.32 Å². The Morgan fingerprint density at radius 3 is 2.73 bits per heavy atom. The molecule has 0 aliphatic heterocycles. The van der Waals surface area contributed by atoms with Gasteiger partial charge in [0, 0.05) is 18.2 Å². The fourth-order valence-electron chi connectivity index (χ4n) is 0.646. The Morgan fingerprint density at radius 1 is 1.64 bits per heavy atom. The molecule has 0 rings (SSSR count). The van der Waals surface area contributed by atoms with Crippen molar-refractivity contribution in [1.29, 1.82) is 0 Å². The lowest BCUT2D eigenvalue weighted by Crippen LogP contribution is -2.30. The molecule has 0 spiro atoms. The molecule has 1 atom stereocenters. The maximum Gasteiger partial charge on any atom is 0.223 e. The van der Waals surface area contributed by atoms with E-state index in [-0.39, 0.29) is 11.8 Å². The van der Waals surface area contributed by atoms with E-state index in [2.05, 4.69) is 24.9 Å². The lowest BCUT2D eigenvalue weighted by atomic mass is 10.2. The second kappa shape index (κ2) is 6.53. The smallest absolute Gasteiger partial charge is 0.223 e. The zero-order valence-corrected chi connectivity index (χ0v) is 8.16. The van der Waals surface area contributed by atoms with Gasteiger partial charge in [-0.3, -0.25) is 4.79 Å². The van der Waals surface area contributed by atoms with Gasteiger partial charge in [0.1, 0.15) is 0 Å². The van der Waals surface area contributed by atoms with Gasteiger partial charge in [0.2, 0.25) is 5.91 Å². The predicted molar refractivity (Wildman–Crippen MR) is 50.9 cm³/mol. The molecule has 0 aromatic carbocycles. The van der Waals surface area contributed by atoms with Gasteiger partial charge in [0.25, 0.3) is 0 Å². The van der Waals surface area contributed by atoms with E-state index in [0.717, 1.165) is 19.4 Å². The van der Waals surface area contributed by atoms with Crippen LogP contribution in [-0.2, 0) is 4.79 Å². The summed E-state index contributed by atoms with van der Waals surface area (Å²) in [5.74, 6) is 0.779. The number of hydrogen-bond acceptors (Lipinski definition) is 2. The molecule has 0 heterocycles. The van der Waals surface area contributed by atoms with E-state index < -0.39 is 0 Å². The molecule has 0 saturated heterocycles. The van der Waals surface area contributed by atoms with Crippen LogP contribution in [0.1, 0.15) is 26.7 Å². The summed E-state index contributed by atoms with van der Waals surface area (Å²) in [5, 5.41) is 2.85. The molecule has 0 aromatic rings. The molecule has 66 valence electrons. The minimum atomic E-state index is 0.0372. The molecular formula is C8H17NOS. The summed E-state index contributed by atoms with van der Waals surface area (Å²) in [6.07, 6.45) is 2.18. The Kier molecular flexibility index (Phi) is 6.42. The monoisotopic (exact) mass is 175 g/mol. The van der Waals surface area contributed by atoms with Crippen LogP contribution in [0.4, 0.5) is 0 Å². The SMILES string of the molecule is CCCCNC(=O)C(C)CS. The lowest BCUT2D eigenvalue weighted by molar-refractivity contribution is -0.123. The number of unbranched alkanes of at least 4 members (excludes halogenated alkanes) is 1. The van der Waals surface area contributed by atoms with Crippen molar-refractivity contribution in [3.05, 3.63) is 0 Å². The standard InChI is InChI=1S/C8H17NOS/c1-3-4-5-9-8(10)7(2)6-11/h7,11H,3-6H2,1-2H3,(H,9,10). The summed E-state index contributed by atoms with van der Waals surface area (Å²) < 4.78 is 0. The fourth-order valence-corrected chi connectivity index (χ4v) is 0.811. The molecular weight excluding hydrogens is 158 g/mol. The van der Waals surface area contributed by atoms with E-state index in [1.165, 1.54) is 0 Å². The Hall–Kier alpha value is -0.180. The van der Waals surface area contributed by atoms with Crippen LogP contribution in [0.3, 0.4) is 0 Å². The summed E-state index contributed by atoms with van der Waals surface area (Å²) in [7, 11) is 0. The Labute approximate surface area is 74.2 Å². The molecule has 0 bridgehead atoms. The molecule has 0 aliphatic rings. The summed E-state index contributed by atoms with van der Waals surface area (Å²) in [6, 6.07) is 0. The van der Waals surface area contributed by atoms with Crippen LogP contribution in [0.5, 0.6) is 0 Å². The second-order valence-electron chi connectivity index (χ2n) is 2.73. The van der Waals surface area contributed by atoms with Crippen molar-refractivity contribution < 1.29 is 4.79 Å². The van der Waals surface area contributed by atoms with Gasteiger partial charge in [-0.05, 0) is 6.42 Å². The topological polar surface area (TPSA) is 29.1 Å². The van der Waals surface area contributed by atoms with Gasteiger partial charge < -0.3 is 5.32 Å². The third kappa shape index (κ3) is 5.13. The maximum atomic E-state index is 11.1. The Morgan fingerprint density at radius 2 is 2.27 bits per heavy atom. The Balaban J connectivity index is 3.36. The van der Waals surface area contributed by atoms with Crippen LogP contribution < -0.4 is 5.32 Å². The average molecular weight is 175 g/mol. The second-order valence-corrected chi connectivity index (χ2v) is 3.09. The zero-order valence-electron chi connectivity index (χ0n) is 7.26. The first-order chi connectivity index (χ1) is 5.22. The third-order valence-electron chi connectivity index (χ3n) is 1.55. The van der Waals surface area contributed by atoms with Crippen LogP contribution >= 0.6 is 12.6 Å². The number of nitrogens with one attached hydrogen (secondary N) is 1. The van der Waals surface area contributed by atoms with Crippen molar-refractivity contribution in [2.24, 2.45) is 5.92 Å². The molecule has 0 fully saturated rings. The number of hydrogen-bond donors (Lipinski definition) is 2. The molecule has 1 N–H and O–H groups in total. The van der Waals surface area contributed by atoms with E-state index in [1.54, 1.807) is 0 Å². The van der Waals surface area contributed by atoms with Crippen LogP contribution in [0, 0.1) is 5.92 Å². The molecule has 11 heavy (non-hydrogen) atoms. The zero-order chi connectivity index (χ0) is 8.69. The normalized spacial score (nSPS) is 12.6. The van der Waals surface area contributed by atoms with E-state index in [0.29, 0.717) is 5.75 Å². The molecule has 3 heteroatoms. The van der Waals surface area contributed by atoms with E-state index in [1.807, 2.05) is 6.92 Å². The molecule has 0 aliphatic carbocycles. The minimum Gasteiger partial charge on any atom is -0.356 e. The van der Waals surface area contributed by atoms with Gasteiger partial charge >= 0.3 is 0 Å². The van der Waals surface area contributed by atoms with E-state index in [4.69, 9.17) is 0 Å². The summed E-state index contributed by atoms with van der Waals surface area (Å²) in [5.41, 5.74) is 0. The molecule has 1 unspecified atom stereocenters. The molecule has 2 nitrogen and oxygen atoms in total. The minimum absolute atomic E-state index is 0.0372. The van der Waals surface area contributed by atoms with Gasteiger partial charge in [-0.15, -0.1) is 0 Å². The fraction of sp³-hybridized carbons (Fsp3) is 0.875. The van der Waals surface area contributed by atoms with Gasteiger partial charge in [-0.2, -0.15) is 12.6 Å². The number of rotatable bonds is 5. The van der Waals surface area contributed by atoms with Gasteiger partial charge in [0.15, 0.2) is 0 Å². The highest BCUT2D eigenvalue weighted by Crippen LogP contribution is 1.96. The quantitative estimate of drug-likeness (QED) is 0.481. The highest BCUT2D eigenvalue weighted by Gasteiger charge is 2.08. The number of carbonyl (C=O) groups is 1. The maximum absolute atomic E-state index is 11.1. The first kappa shape index (κ1) is 10.8. The largest absolute Gasteiger partial charge is 0.356 e. The van der Waals surface area contributed by atoms with Crippen LogP contribution in [0.25, 0.3) is 0 Å². The number of thiol groups is 1. The summed E-state index contributed by atoms with van der Waals surface area (Å²) in [6.45, 7) is 4.79. The average Bonchev–Trinajstić information content (AvgIpc) is 2.03. The third-order valence-corrected chi connectivity index (χ3v) is 2.10. The van der Waals surface area contributed by atoms with Crippen molar-refractivity contribution in [3.8, 4) is 0 Å².